The molecule has 0 aromatic heterocycles. The summed E-state index contributed by atoms with van der Waals surface area (Å²) >= 11 is 0. The number of hydrogen-bond acceptors (Lipinski definition) is 2. The Labute approximate surface area is 60.0 Å². The van der Waals surface area contributed by atoms with Crippen LogP contribution >= 0.6 is 0 Å². The Kier molecular flexibility index (Phi) is 5.42. The zero-order chi connectivity index (χ0) is 7.82. The minimum atomic E-state index is -0.0507. The number of nitrogens with one attached hydrogen (secondary N) is 2. The van der Waals surface area contributed by atoms with Gasteiger partial charge >= 0.3 is 6.41 Å². The standard InChI is InChI=1S/C6H11N2O2/c1-2-8-6(10)3-4-7-5-9/h2-4H2,1H3,(H,7,9)(H,8,10). The molecule has 0 saturated heterocycles. The Bertz CT molecular complexity index is 114. The van der Waals surface area contributed by atoms with E-state index >= 15 is 0 Å². The van der Waals surface area contributed by atoms with Gasteiger partial charge in [-0.15, -0.1) is 0 Å². The summed E-state index contributed by atoms with van der Waals surface area (Å²) in [5.74, 6) is -0.0507. The highest BCUT2D eigenvalue weighted by Crippen LogP contribution is 1.74. The molecule has 0 heterocycles. The van der Waals surface area contributed by atoms with Crippen LogP contribution in [0.1, 0.15) is 13.3 Å². The van der Waals surface area contributed by atoms with Gasteiger partial charge in [-0.2, -0.15) is 0 Å². The van der Waals surface area contributed by atoms with Crippen LogP contribution in [0.2, 0.25) is 0 Å². The van der Waals surface area contributed by atoms with Gasteiger partial charge in [-0.3, -0.25) is 9.59 Å². The largest absolute Gasteiger partial charge is 0.356 e. The van der Waals surface area contributed by atoms with Gasteiger partial charge in [-0.25, -0.2) is 0 Å². The topological polar surface area (TPSA) is 58.2 Å². The van der Waals surface area contributed by atoms with Crippen LogP contribution in [0.5, 0.6) is 0 Å². The predicted octanol–water partition coefficient (Wildman–Crippen LogP) is -0.831. The molecule has 0 atom stereocenters. The van der Waals surface area contributed by atoms with Crippen LogP contribution in [0.25, 0.3) is 0 Å². The van der Waals surface area contributed by atoms with Crippen LogP contribution < -0.4 is 10.6 Å². The van der Waals surface area contributed by atoms with Crippen molar-refractivity contribution < 1.29 is 9.59 Å². The van der Waals surface area contributed by atoms with Crippen molar-refractivity contribution in [3.8, 4) is 0 Å². The molecule has 0 rings (SSSR count). The van der Waals surface area contributed by atoms with Crippen molar-refractivity contribution in [1.29, 1.82) is 0 Å². The summed E-state index contributed by atoms with van der Waals surface area (Å²) < 4.78 is 0. The fraction of sp³-hybridized carbons (Fsp3) is 0.667. The number of amides is 2. The van der Waals surface area contributed by atoms with E-state index < -0.39 is 0 Å². The molecule has 1 radical (unpaired) electrons. The van der Waals surface area contributed by atoms with Crippen molar-refractivity contribution in [2.75, 3.05) is 13.1 Å². The van der Waals surface area contributed by atoms with Crippen LogP contribution in [0.15, 0.2) is 0 Å². The van der Waals surface area contributed by atoms with E-state index in [1.54, 1.807) is 0 Å². The molecule has 0 spiro atoms. The van der Waals surface area contributed by atoms with Crippen LogP contribution in [0.4, 0.5) is 0 Å². The molecule has 57 valence electrons. The molecule has 4 heteroatoms. The first-order chi connectivity index (χ1) is 4.81. The van der Waals surface area contributed by atoms with E-state index in [9.17, 15) is 9.59 Å². The van der Waals surface area contributed by atoms with Crippen LogP contribution in [0.3, 0.4) is 0 Å². The predicted molar refractivity (Wildman–Crippen MR) is 37.0 cm³/mol. The first-order valence-electron chi connectivity index (χ1n) is 3.18. The summed E-state index contributed by atoms with van der Waals surface area (Å²) in [5, 5.41) is 4.87. The van der Waals surface area contributed by atoms with Crippen molar-refractivity contribution in [3.05, 3.63) is 0 Å². The summed E-state index contributed by atoms with van der Waals surface area (Å²) in [5.41, 5.74) is 0. The fourth-order valence-corrected chi connectivity index (χ4v) is 0.513. The normalized spacial score (nSPS) is 8.50. The van der Waals surface area contributed by atoms with Gasteiger partial charge in [-0.1, -0.05) is 0 Å². The molecule has 0 saturated carbocycles. The van der Waals surface area contributed by atoms with E-state index in [1.807, 2.05) is 6.92 Å². The molecular formula is C6H11N2O2. The van der Waals surface area contributed by atoms with E-state index in [0.29, 0.717) is 19.5 Å². The van der Waals surface area contributed by atoms with Crippen LogP contribution in [-0.4, -0.2) is 25.4 Å². The molecule has 4 nitrogen and oxygen atoms in total. The Balaban J connectivity index is 3.13. The van der Waals surface area contributed by atoms with Gasteiger partial charge in [0.1, 0.15) is 0 Å². The fourth-order valence-electron chi connectivity index (χ4n) is 0.513. The average Bonchev–Trinajstić information content (AvgIpc) is 1.89. The van der Waals surface area contributed by atoms with Gasteiger partial charge in [0.25, 0.3) is 0 Å². The molecular weight excluding hydrogens is 132 g/mol. The van der Waals surface area contributed by atoms with E-state index in [-0.39, 0.29) is 5.91 Å². The van der Waals surface area contributed by atoms with Gasteiger partial charge in [0.2, 0.25) is 5.91 Å². The molecule has 2 N–H and O–H groups in total. The summed E-state index contributed by atoms with van der Waals surface area (Å²) in [6, 6.07) is 0. The van der Waals surface area contributed by atoms with E-state index in [2.05, 4.69) is 10.6 Å². The van der Waals surface area contributed by atoms with E-state index in [0.717, 1.165) is 0 Å². The third kappa shape index (κ3) is 5.08. The SMILES string of the molecule is CCNC(=O)CCN[C]=O. The van der Waals surface area contributed by atoms with Gasteiger partial charge in [0, 0.05) is 19.5 Å². The van der Waals surface area contributed by atoms with Gasteiger partial charge in [0.05, 0.1) is 0 Å². The van der Waals surface area contributed by atoms with E-state index in [1.165, 1.54) is 6.41 Å². The maximum atomic E-state index is 10.6. The van der Waals surface area contributed by atoms with Gasteiger partial charge < -0.3 is 10.6 Å². The second-order valence-electron chi connectivity index (χ2n) is 1.73. The number of hydrogen-bond donors (Lipinski definition) is 2. The summed E-state index contributed by atoms with van der Waals surface area (Å²) in [4.78, 5) is 20.2. The Hall–Kier alpha value is -1.06. The molecule has 0 aliphatic heterocycles. The smallest absolute Gasteiger partial charge is 0.309 e. The maximum absolute atomic E-state index is 10.6. The summed E-state index contributed by atoms with van der Waals surface area (Å²) in [7, 11) is 0. The van der Waals surface area contributed by atoms with Crippen molar-refractivity contribution in [3.63, 3.8) is 0 Å². The quantitative estimate of drug-likeness (QED) is 0.390. The third-order valence-corrected chi connectivity index (χ3v) is 0.923. The van der Waals surface area contributed by atoms with Crippen molar-refractivity contribution in [2.24, 2.45) is 0 Å². The molecule has 0 aromatic rings. The Morgan fingerprint density at radius 2 is 2.30 bits per heavy atom. The highest BCUT2D eigenvalue weighted by molar-refractivity contribution is 5.76. The molecule has 0 bridgehead atoms. The van der Waals surface area contributed by atoms with E-state index in [4.69, 9.17) is 0 Å². The van der Waals surface area contributed by atoms with Crippen LogP contribution in [0, 0.1) is 0 Å². The lowest BCUT2D eigenvalue weighted by Gasteiger charge is -1.99. The summed E-state index contributed by atoms with van der Waals surface area (Å²) in [6.07, 6.45) is 1.81. The highest BCUT2D eigenvalue weighted by atomic mass is 16.1. The molecule has 10 heavy (non-hydrogen) atoms. The zero-order valence-corrected chi connectivity index (χ0v) is 5.94. The molecule has 0 fully saturated rings. The monoisotopic (exact) mass is 143 g/mol. The lowest BCUT2D eigenvalue weighted by molar-refractivity contribution is -0.120. The minimum Gasteiger partial charge on any atom is -0.356 e. The number of rotatable bonds is 5. The Morgan fingerprint density at radius 1 is 1.60 bits per heavy atom. The minimum absolute atomic E-state index is 0.0507. The van der Waals surface area contributed by atoms with Crippen LogP contribution in [-0.2, 0) is 9.59 Å². The number of carbonyl (C=O) groups is 1. The molecule has 2 amide bonds. The lowest BCUT2D eigenvalue weighted by Crippen LogP contribution is -2.26. The average molecular weight is 143 g/mol. The first-order valence-corrected chi connectivity index (χ1v) is 3.18. The summed E-state index contributed by atoms with van der Waals surface area (Å²) in [6.45, 7) is 2.83. The maximum Gasteiger partial charge on any atom is 0.309 e. The van der Waals surface area contributed by atoms with Crippen molar-refractivity contribution >= 4 is 12.3 Å². The van der Waals surface area contributed by atoms with Crippen molar-refractivity contribution in [2.45, 2.75) is 13.3 Å². The van der Waals surface area contributed by atoms with Gasteiger partial charge in [-0.05, 0) is 6.92 Å². The zero-order valence-electron chi connectivity index (χ0n) is 5.94. The second-order valence-corrected chi connectivity index (χ2v) is 1.73. The molecule has 0 aliphatic rings. The molecule has 0 aliphatic carbocycles. The lowest BCUT2D eigenvalue weighted by atomic mass is 10.4. The van der Waals surface area contributed by atoms with Gasteiger partial charge in [0.15, 0.2) is 0 Å². The first kappa shape index (κ1) is 8.94. The number of carbonyl (C=O) groups excluding carboxylic acids is 2. The third-order valence-electron chi connectivity index (χ3n) is 0.923. The molecule has 0 aromatic carbocycles. The second kappa shape index (κ2) is 6.07. The van der Waals surface area contributed by atoms with Crippen molar-refractivity contribution in [1.82, 2.24) is 10.6 Å². The Morgan fingerprint density at radius 3 is 2.80 bits per heavy atom. The highest BCUT2D eigenvalue weighted by Gasteiger charge is 1.95. The molecule has 0 unspecified atom stereocenters.